The number of carbonyl (C=O) groups is 1. The second-order valence-corrected chi connectivity index (χ2v) is 7.24. The quantitative estimate of drug-likeness (QED) is 0.443. The zero-order valence-corrected chi connectivity index (χ0v) is 14.1. The van der Waals surface area contributed by atoms with E-state index in [4.69, 9.17) is 11.6 Å². The van der Waals surface area contributed by atoms with Gasteiger partial charge >= 0.3 is 0 Å². The Hall–Kier alpha value is -2.45. The molecular formula is C15H13ClN2O5S. The maximum absolute atomic E-state index is 12.8. The van der Waals surface area contributed by atoms with E-state index >= 15 is 0 Å². The molecule has 0 bridgehead atoms. The maximum atomic E-state index is 12.8. The normalized spacial score (nSPS) is 11.1. The van der Waals surface area contributed by atoms with Gasteiger partial charge in [0.1, 0.15) is 6.54 Å². The number of sulfonamides is 1. The number of hydrogen-bond acceptors (Lipinski definition) is 5. The van der Waals surface area contributed by atoms with Gasteiger partial charge in [-0.2, -0.15) is 0 Å². The van der Waals surface area contributed by atoms with Crippen molar-refractivity contribution in [2.75, 3.05) is 10.8 Å². The van der Waals surface area contributed by atoms with E-state index in [0.29, 0.717) is 0 Å². The summed E-state index contributed by atoms with van der Waals surface area (Å²) in [5, 5.41) is 9.99. The van der Waals surface area contributed by atoms with Gasteiger partial charge in [-0.15, -0.1) is 0 Å². The van der Waals surface area contributed by atoms with Crippen LogP contribution in [0.15, 0.2) is 53.4 Å². The van der Waals surface area contributed by atoms with Crippen LogP contribution >= 0.6 is 11.6 Å². The zero-order chi connectivity index (χ0) is 17.9. The summed E-state index contributed by atoms with van der Waals surface area (Å²) in [4.78, 5) is 21.2. The molecule has 2 aromatic carbocycles. The highest BCUT2D eigenvalue weighted by Gasteiger charge is 2.28. The monoisotopic (exact) mass is 368 g/mol. The molecule has 0 saturated carbocycles. The van der Waals surface area contributed by atoms with E-state index in [1.165, 1.54) is 24.3 Å². The fourth-order valence-corrected chi connectivity index (χ4v) is 3.74. The summed E-state index contributed by atoms with van der Waals surface area (Å²) in [7, 11) is -4.20. The van der Waals surface area contributed by atoms with Crippen LogP contribution in [-0.4, -0.2) is 25.1 Å². The Morgan fingerprint density at radius 1 is 1.21 bits per heavy atom. The van der Waals surface area contributed by atoms with Gasteiger partial charge in [-0.3, -0.25) is 19.2 Å². The molecule has 0 unspecified atom stereocenters. The van der Waals surface area contributed by atoms with Gasteiger partial charge in [0, 0.05) is 12.1 Å². The molecule has 126 valence electrons. The molecule has 0 fully saturated rings. The number of nitro benzene ring substituents is 1. The lowest BCUT2D eigenvalue weighted by Gasteiger charge is -2.23. The fourth-order valence-electron chi connectivity index (χ4n) is 2.10. The minimum Gasteiger partial charge on any atom is -0.279 e. The molecule has 0 saturated heterocycles. The van der Waals surface area contributed by atoms with Crippen LogP contribution in [0.1, 0.15) is 5.56 Å². The molecule has 0 aromatic heterocycles. The lowest BCUT2D eigenvalue weighted by atomic mass is 10.2. The largest absolute Gasteiger partial charge is 0.279 e. The molecule has 0 aliphatic rings. The van der Waals surface area contributed by atoms with Crippen LogP contribution in [0.3, 0.4) is 0 Å². The van der Waals surface area contributed by atoms with Crippen LogP contribution in [0.5, 0.6) is 0 Å². The van der Waals surface area contributed by atoms with Crippen LogP contribution in [0.2, 0.25) is 0 Å². The SMILES string of the molecule is Cc1cccc(N(CC(=O)Cl)S(=O)(=O)c2cccc([N+](=O)[O-])c2)c1. The standard InChI is InChI=1S/C15H13ClN2O5S/c1-11-4-2-5-12(8-11)17(10-15(16)19)24(22,23)14-7-3-6-13(9-14)18(20)21/h2-9H,10H2,1H3. The maximum Gasteiger partial charge on any atom is 0.270 e. The summed E-state index contributed by atoms with van der Waals surface area (Å²) in [6.07, 6.45) is 0. The van der Waals surface area contributed by atoms with E-state index in [0.717, 1.165) is 15.9 Å². The molecule has 9 heteroatoms. The lowest BCUT2D eigenvalue weighted by molar-refractivity contribution is -0.385. The second-order valence-electron chi connectivity index (χ2n) is 4.96. The van der Waals surface area contributed by atoms with Gasteiger partial charge in [-0.1, -0.05) is 18.2 Å². The highest BCUT2D eigenvalue weighted by atomic mass is 35.5. The number of aryl methyl sites for hydroxylation is 1. The first-order valence-corrected chi connectivity index (χ1v) is 8.56. The third kappa shape index (κ3) is 3.90. The first-order valence-electron chi connectivity index (χ1n) is 6.74. The van der Waals surface area contributed by atoms with Crippen LogP contribution in [0.25, 0.3) is 0 Å². The topological polar surface area (TPSA) is 97.6 Å². The van der Waals surface area contributed by atoms with Gasteiger partial charge < -0.3 is 0 Å². The van der Waals surface area contributed by atoms with Crippen molar-refractivity contribution in [1.29, 1.82) is 0 Å². The number of hydrogen-bond donors (Lipinski definition) is 0. The predicted octanol–water partition coefficient (Wildman–Crippen LogP) is 2.86. The van der Waals surface area contributed by atoms with E-state index in [1.807, 2.05) is 0 Å². The Balaban J connectivity index is 2.57. The Kier molecular flexibility index (Phi) is 5.20. The summed E-state index contributed by atoms with van der Waals surface area (Å²) in [5.41, 5.74) is 0.668. The van der Waals surface area contributed by atoms with Crippen molar-refractivity contribution in [3.63, 3.8) is 0 Å². The average Bonchev–Trinajstić information content (AvgIpc) is 2.52. The Morgan fingerprint density at radius 3 is 2.46 bits per heavy atom. The van der Waals surface area contributed by atoms with Gasteiger partial charge in [0.05, 0.1) is 15.5 Å². The second kappa shape index (κ2) is 6.98. The number of rotatable bonds is 6. The van der Waals surface area contributed by atoms with E-state index in [1.54, 1.807) is 25.1 Å². The van der Waals surface area contributed by atoms with E-state index < -0.39 is 26.7 Å². The minimum absolute atomic E-state index is 0.246. The molecule has 0 heterocycles. The molecule has 0 spiro atoms. The molecule has 0 amide bonds. The predicted molar refractivity (Wildman–Crippen MR) is 89.7 cm³/mol. The van der Waals surface area contributed by atoms with E-state index in [9.17, 15) is 23.3 Å². The number of nitro groups is 1. The Labute approximate surface area is 143 Å². The first-order chi connectivity index (χ1) is 11.2. The van der Waals surface area contributed by atoms with Crippen molar-refractivity contribution >= 4 is 38.2 Å². The number of benzene rings is 2. The third-order valence-corrected chi connectivity index (χ3v) is 5.06. The van der Waals surface area contributed by atoms with Crippen molar-refractivity contribution in [2.24, 2.45) is 0 Å². The average molecular weight is 369 g/mol. The van der Waals surface area contributed by atoms with Crippen molar-refractivity contribution in [1.82, 2.24) is 0 Å². The summed E-state index contributed by atoms with van der Waals surface area (Å²) < 4.78 is 26.5. The number of nitrogens with zero attached hydrogens (tertiary/aromatic N) is 2. The molecule has 0 radical (unpaired) electrons. The van der Waals surface area contributed by atoms with Crippen molar-refractivity contribution in [2.45, 2.75) is 11.8 Å². The summed E-state index contributed by atoms with van der Waals surface area (Å²) in [6, 6.07) is 11.1. The molecule has 0 atom stereocenters. The number of halogens is 1. The van der Waals surface area contributed by atoms with Gasteiger partial charge in [0.2, 0.25) is 5.24 Å². The molecule has 2 rings (SSSR count). The molecule has 0 N–H and O–H groups in total. The van der Waals surface area contributed by atoms with Crippen molar-refractivity contribution in [3.8, 4) is 0 Å². The first kappa shape index (κ1) is 17.9. The molecule has 0 aliphatic carbocycles. The molecule has 24 heavy (non-hydrogen) atoms. The molecule has 2 aromatic rings. The van der Waals surface area contributed by atoms with Crippen molar-refractivity contribution in [3.05, 3.63) is 64.2 Å². The number of anilines is 1. The zero-order valence-electron chi connectivity index (χ0n) is 12.5. The lowest BCUT2D eigenvalue weighted by Crippen LogP contribution is -2.34. The van der Waals surface area contributed by atoms with Gasteiger partial charge in [-0.25, -0.2) is 8.42 Å². The minimum atomic E-state index is -4.20. The fraction of sp³-hybridized carbons (Fsp3) is 0.133. The number of non-ortho nitro benzene ring substituents is 1. The number of carbonyl (C=O) groups excluding carboxylic acids is 1. The van der Waals surface area contributed by atoms with Crippen molar-refractivity contribution < 1.29 is 18.1 Å². The Morgan fingerprint density at radius 2 is 1.88 bits per heavy atom. The molecule has 0 aliphatic heterocycles. The molecule has 7 nitrogen and oxygen atoms in total. The smallest absolute Gasteiger partial charge is 0.270 e. The summed E-state index contributed by atoms with van der Waals surface area (Å²) >= 11 is 5.38. The summed E-state index contributed by atoms with van der Waals surface area (Å²) in [6.45, 7) is 1.18. The van der Waals surface area contributed by atoms with E-state index in [2.05, 4.69) is 0 Å². The highest BCUT2D eigenvalue weighted by molar-refractivity contribution is 7.92. The third-order valence-electron chi connectivity index (χ3n) is 3.17. The van der Waals surface area contributed by atoms with Gasteiger partial charge in [-0.05, 0) is 42.3 Å². The highest BCUT2D eigenvalue weighted by Crippen LogP contribution is 2.26. The molecular weight excluding hydrogens is 356 g/mol. The van der Waals surface area contributed by atoms with Crippen LogP contribution in [-0.2, 0) is 14.8 Å². The van der Waals surface area contributed by atoms with Crippen LogP contribution < -0.4 is 4.31 Å². The summed E-state index contributed by atoms with van der Waals surface area (Å²) in [5.74, 6) is 0. The van der Waals surface area contributed by atoms with Crippen LogP contribution in [0.4, 0.5) is 11.4 Å². The van der Waals surface area contributed by atoms with Gasteiger partial charge in [0.15, 0.2) is 0 Å². The van der Waals surface area contributed by atoms with Crippen LogP contribution in [0, 0.1) is 17.0 Å². The van der Waals surface area contributed by atoms with Gasteiger partial charge in [0.25, 0.3) is 15.7 Å². The Bertz CT molecular complexity index is 898. The van der Waals surface area contributed by atoms with E-state index in [-0.39, 0.29) is 16.3 Å².